The van der Waals surface area contributed by atoms with E-state index < -0.39 is 0 Å². The average Bonchev–Trinajstić information content (AvgIpc) is 3.28. The largest absolute Gasteiger partial charge is 0.493 e. The fraction of sp³-hybridized carbons (Fsp3) is 0.231. The van der Waals surface area contributed by atoms with E-state index >= 15 is 0 Å². The number of aromatic nitrogens is 1. The SMILES string of the molecule is COc1cc2c(cc1OC)C(c1ccccc1)N(C(=O)CSc1nc3cc(Cl)ccc3o1)CC2. The number of oxazole rings is 1. The van der Waals surface area contributed by atoms with Crippen molar-refractivity contribution in [1.82, 2.24) is 9.88 Å². The lowest BCUT2D eigenvalue weighted by atomic mass is 9.87. The molecule has 1 atom stereocenters. The van der Waals surface area contributed by atoms with Crippen LogP contribution < -0.4 is 9.47 Å². The fourth-order valence-electron chi connectivity index (χ4n) is 4.36. The van der Waals surface area contributed by atoms with Crippen molar-refractivity contribution >= 4 is 40.4 Å². The van der Waals surface area contributed by atoms with E-state index in [4.69, 9.17) is 25.5 Å². The molecule has 0 spiro atoms. The van der Waals surface area contributed by atoms with Gasteiger partial charge in [-0.1, -0.05) is 53.7 Å². The van der Waals surface area contributed by atoms with Gasteiger partial charge in [0, 0.05) is 11.6 Å². The summed E-state index contributed by atoms with van der Waals surface area (Å²) in [7, 11) is 3.26. The Morgan fingerprint density at radius 1 is 1.12 bits per heavy atom. The van der Waals surface area contributed by atoms with Crippen LogP contribution in [-0.2, 0) is 11.2 Å². The van der Waals surface area contributed by atoms with Gasteiger partial charge in [0.1, 0.15) is 5.52 Å². The number of nitrogens with zero attached hydrogens (tertiary/aromatic N) is 2. The van der Waals surface area contributed by atoms with Crippen LogP contribution in [0.1, 0.15) is 22.7 Å². The zero-order valence-electron chi connectivity index (χ0n) is 18.8. The summed E-state index contributed by atoms with van der Waals surface area (Å²) in [6.07, 6.45) is 0.733. The standard InChI is InChI=1S/C26H23ClN2O4S/c1-31-22-12-17-10-11-29(25(16-6-4-3-5-7-16)19(17)14-23(22)32-2)24(30)15-34-26-28-20-13-18(27)8-9-21(20)33-26/h3-9,12-14,25H,10-11,15H2,1-2H3. The van der Waals surface area contributed by atoms with Crippen molar-refractivity contribution in [3.63, 3.8) is 0 Å². The second kappa shape index (κ2) is 9.60. The maximum Gasteiger partial charge on any atom is 0.257 e. The van der Waals surface area contributed by atoms with E-state index in [-0.39, 0.29) is 17.7 Å². The van der Waals surface area contributed by atoms with Crippen molar-refractivity contribution in [2.75, 3.05) is 26.5 Å². The van der Waals surface area contributed by atoms with E-state index in [0.717, 1.165) is 23.1 Å². The number of rotatable bonds is 6. The number of carbonyl (C=O) groups excluding carboxylic acids is 1. The third-order valence-electron chi connectivity index (χ3n) is 5.96. The number of thioether (sulfide) groups is 1. The minimum absolute atomic E-state index is 0.0135. The van der Waals surface area contributed by atoms with Gasteiger partial charge in [-0.2, -0.15) is 0 Å². The van der Waals surface area contributed by atoms with Crippen LogP contribution in [0.5, 0.6) is 11.5 Å². The van der Waals surface area contributed by atoms with Crippen LogP contribution in [0.3, 0.4) is 0 Å². The van der Waals surface area contributed by atoms with E-state index in [1.807, 2.05) is 35.2 Å². The highest BCUT2D eigenvalue weighted by Crippen LogP contribution is 2.41. The quantitative estimate of drug-likeness (QED) is 0.317. The number of hydrogen-bond acceptors (Lipinski definition) is 6. The van der Waals surface area contributed by atoms with Gasteiger partial charge < -0.3 is 18.8 Å². The van der Waals surface area contributed by atoms with Crippen LogP contribution in [0.2, 0.25) is 5.02 Å². The van der Waals surface area contributed by atoms with Crippen LogP contribution in [0.15, 0.2) is 70.3 Å². The van der Waals surface area contributed by atoms with E-state index in [1.165, 1.54) is 11.8 Å². The molecule has 0 fully saturated rings. The smallest absolute Gasteiger partial charge is 0.257 e. The molecule has 1 aromatic heterocycles. The molecule has 0 N–H and O–H groups in total. The Balaban J connectivity index is 1.44. The van der Waals surface area contributed by atoms with E-state index in [9.17, 15) is 4.79 Å². The molecule has 0 saturated heterocycles. The minimum Gasteiger partial charge on any atom is -0.493 e. The molecule has 0 radical (unpaired) electrons. The zero-order valence-corrected chi connectivity index (χ0v) is 20.4. The van der Waals surface area contributed by atoms with E-state index in [1.54, 1.807) is 32.4 Å². The number of ether oxygens (including phenoxy) is 2. The number of methoxy groups -OCH3 is 2. The van der Waals surface area contributed by atoms with Crippen molar-refractivity contribution in [2.24, 2.45) is 0 Å². The molecule has 5 rings (SSSR count). The molecule has 1 aliphatic heterocycles. The molecule has 1 unspecified atom stereocenters. The van der Waals surface area contributed by atoms with Crippen LogP contribution in [-0.4, -0.2) is 42.3 Å². The topological polar surface area (TPSA) is 64.8 Å². The molecular formula is C26H23ClN2O4S. The molecule has 34 heavy (non-hydrogen) atoms. The molecule has 1 aliphatic rings. The summed E-state index contributed by atoms with van der Waals surface area (Å²) in [6, 6.07) is 19.1. The Morgan fingerprint density at radius 3 is 2.65 bits per heavy atom. The average molecular weight is 495 g/mol. The Kier molecular flexibility index (Phi) is 6.39. The minimum atomic E-state index is -0.222. The van der Waals surface area contributed by atoms with Crippen molar-refractivity contribution in [3.05, 3.63) is 82.4 Å². The van der Waals surface area contributed by atoms with Crippen molar-refractivity contribution in [1.29, 1.82) is 0 Å². The molecule has 174 valence electrons. The molecule has 4 aromatic rings. The highest BCUT2D eigenvalue weighted by molar-refractivity contribution is 7.99. The molecule has 0 aliphatic carbocycles. The molecule has 3 aromatic carbocycles. The first-order chi connectivity index (χ1) is 16.6. The first-order valence-corrected chi connectivity index (χ1v) is 12.2. The highest BCUT2D eigenvalue weighted by Gasteiger charge is 2.33. The van der Waals surface area contributed by atoms with Gasteiger partial charge >= 0.3 is 0 Å². The number of benzene rings is 3. The summed E-state index contributed by atoms with van der Waals surface area (Å²) in [5, 5.41) is 1.05. The van der Waals surface area contributed by atoms with Gasteiger partial charge in [0.2, 0.25) is 5.91 Å². The van der Waals surface area contributed by atoms with Gasteiger partial charge in [-0.3, -0.25) is 4.79 Å². The van der Waals surface area contributed by atoms with E-state index in [0.29, 0.717) is 39.4 Å². The molecule has 1 amide bonds. The van der Waals surface area contributed by atoms with Gasteiger partial charge in [-0.15, -0.1) is 0 Å². The van der Waals surface area contributed by atoms with Crippen LogP contribution in [0.25, 0.3) is 11.1 Å². The number of carbonyl (C=O) groups is 1. The maximum atomic E-state index is 13.5. The van der Waals surface area contributed by atoms with Crippen LogP contribution >= 0.6 is 23.4 Å². The fourth-order valence-corrected chi connectivity index (χ4v) is 5.25. The highest BCUT2D eigenvalue weighted by atomic mass is 35.5. The molecule has 0 saturated carbocycles. The Morgan fingerprint density at radius 2 is 1.88 bits per heavy atom. The number of fused-ring (bicyclic) bond motifs is 2. The van der Waals surface area contributed by atoms with Gasteiger partial charge in [0.05, 0.1) is 26.0 Å². The summed E-state index contributed by atoms with van der Waals surface area (Å²) in [5.74, 6) is 1.57. The van der Waals surface area contributed by atoms with Gasteiger partial charge in [-0.25, -0.2) is 4.98 Å². The summed E-state index contributed by atoms with van der Waals surface area (Å²) in [6.45, 7) is 0.602. The normalized spacial score (nSPS) is 15.3. The third-order valence-corrected chi connectivity index (χ3v) is 7.01. The van der Waals surface area contributed by atoms with Gasteiger partial charge in [0.25, 0.3) is 5.22 Å². The van der Waals surface area contributed by atoms with Gasteiger partial charge in [0.15, 0.2) is 17.1 Å². The second-order valence-corrected chi connectivity index (χ2v) is 9.30. The Bertz CT molecular complexity index is 1340. The number of hydrogen-bond donors (Lipinski definition) is 0. The molecular weight excluding hydrogens is 472 g/mol. The molecule has 0 bridgehead atoms. The molecule has 2 heterocycles. The van der Waals surface area contributed by atoms with Crippen molar-refractivity contribution in [3.8, 4) is 11.5 Å². The number of amides is 1. The Labute approximate surface area is 206 Å². The van der Waals surface area contributed by atoms with E-state index in [2.05, 4.69) is 17.1 Å². The lowest BCUT2D eigenvalue weighted by molar-refractivity contribution is -0.130. The second-order valence-electron chi connectivity index (χ2n) is 7.94. The zero-order chi connectivity index (χ0) is 23.7. The summed E-state index contributed by atoms with van der Waals surface area (Å²) in [5.41, 5.74) is 4.57. The summed E-state index contributed by atoms with van der Waals surface area (Å²) >= 11 is 7.34. The first-order valence-electron chi connectivity index (χ1n) is 10.9. The predicted octanol–water partition coefficient (Wildman–Crippen LogP) is 5.76. The molecule has 8 heteroatoms. The lowest BCUT2D eigenvalue weighted by Crippen LogP contribution is -2.41. The Hall–Kier alpha value is -3.16. The number of halogens is 1. The van der Waals surface area contributed by atoms with Gasteiger partial charge in [-0.05, 0) is 53.4 Å². The van der Waals surface area contributed by atoms with Crippen LogP contribution in [0.4, 0.5) is 0 Å². The molecule has 6 nitrogen and oxygen atoms in total. The summed E-state index contributed by atoms with van der Waals surface area (Å²) in [4.78, 5) is 19.9. The summed E-state index contributed by atoms with van der Waals surface area (Å²) < 4.78 is 16.8. The van der Waals surface area contributed by atoms with Crippen molar-refractivity contribution < 1.29 is 18.7 Å². The predicted molar refractivity (Wildman–Crippen MR) is 133 cm³/mol. The monoisotopic (exact) mass is 494 g/mol. The van der Waals surface area contributed by atoms with Crippen LogP contribution in [0, 0.1) is 0 Å². The third kappa shape index (κ3) is 4.33. The van der Waals surface area contributed by atoms with Crippen molar-refractivity contribution in [2.45, 2.75) is 17.7 Å². The lowest BCUT2D eigenvalue weighted by Gasteiger charge is -2.38. The first kappa shape index (κ1) is 22.6. The maximum absolute atomic E-state index is 13.5.